The number of hydrogen-bond acceptors (Lipinski definition) is 2. The molecule has 0 saturated heterocycles. The molecule has 0 bridgehead atoms. The molecule has 1 aliphatic carbocycles. The molecule has 0 saturated carbocycles. The Balaban J connectivity index is 1.99. The first kappa shape index (κ1) is 13.7. The zero-order valence-electron chi connectivity index (χ0n) is 11.3. The van der Waals surface area contributed by atoms with Crippen molar-refractivity contribution in [1.82, 2.24) is 5.32 Å². The third-order valence-electron chi connectivity index (χ3n) is 3.63. The largest absolute Gasteiger partial charge is 0.399 e. The van der Waals surface area contributed by atoms with Gasteiger partial charge in [-0.15, -0.1) is 6.58 Å². The molecule has 0 heterocycles. The molecule has 0 fully saturated rings. The minimum atomic E-state index is 0.136. The van der Waals surface area contributed by atoms with Gasteiger partial charge in [0.15, 0.2) is 0 Å². The van der Waals surface area contributed by atoms with Gasteiger partial charge in [-0.1, -0.05) is 12.1 Å². The van der Waals surface area contributed by atoms with Crippen molar-refractivity contribution in [3.63, 3.8) is 0 Å². The number of fused-ring (bicyclic) bond motifs is 1. The summed E-state index contributed by atoms with van der Waals surface area (Å²) in [5.74, 6) is 0.136. The summed E-state index contributed by atoms with van der Waals surface area (Å²) in [6, 6.07) is 6.16. The number of benzene rings is 1. The summed E-state index contributed by atoms with van der Waals surface area (Å²) in [6.07, 6.45) is 7.38. The van der Waals surface area contributed by atoms with Crippen LogP contribution < -0.4 is 11.1 Å². The van der Waals surface area contributed by atoms with Gasteiger partial charge in [-0.2, -0.15) is 0 Å². The second-order valence-electron chi connectivity index (χ2n) is 5.15. The van der Waals surface area contributed by atoms with Crippen molar-refractivity contribution in [2.45, 2.75) is 44.6 Å². The van der Waals surface area contributed by atoms with E-state index in [1.807, 2.05) is 18.2 Å². The third kappa shape index (κ3) is 3.60. The summed E-state index contributed by atoms with van der Waals surface area (Å²) >= 11 is 0. The number of carbonyl (C=O) groups excluding carboxylic acids is 1. The average molecular weight is 258 g/mol. The first-order chi connectivity index (χ1) is 9.20. The predicted octanol–water partition coefficient (Wildman–Crippen LogP) is 3.12. The zero-order chi connectivity index (χ0) is 13.7. The molecule has 1 unspecified atom stereocenters. The standard InChI is InChI=1S/C16H22N2O/c1-2-3-4-8-16(19)18-15-7-5-6-12-11-13(17)9-10-14(12)15/h2,9-11,15H,1,3-8,17H2,(H,18,19). The van der Waals surface area contributed by atoms with Crippen LogP contribution in [0.2, 0.25) is 0 Å². The highest BCUT2D eigenvalue weighted by Crippen LogP contribution is 2.31. The van der Waals surface area contributed by atoms with E-state index in [4.69, 9.17) is 5.73 Å². The van der Waals surface area contributed by atoms with Crippen LogP contribution in [0.1, 0.15) is 49.3 Å². The van der Waals surface area contributed by atoms with E-state index in [0.717, 1.165) is 37.8 Å². The van der Waals surface area contributed by atoms with Gasteiger partial charge in [0.1, 0.15) is 0 Å². The zero-order valence-corrected chi connectivity index (χ0v) is 11.3. The van der Waals surface area contributed by atoms with Gasteiger partial charge in [-0.25, -0.2) is 0 Å². The van der Waals surface area contributed by atoms with Gasteiger partial charge >= 0.3 is 0 Å². The molecule has 2 rings (SSSR count). The van der Waals surface area contributed by atoms with Crippen LogP contribution in [0.5, 0.6) is 0 Å². The van der Waals surface area contributed by atoms with Crippen LogP contribution in [0.25, 0.3) is 0 Å². The van der Waals surface area contributed by atoms with Crippen LogP contribution in [0.3, 0.4) is 0 Å². The molecule has 0 spiro atoms. The molecule has 102 valence electrons. The van der Waals surface area contributed by atoms with E-state index >= 15 is 0 Å². The molecule has 1 atom stereocenters. The topological polar surface area (TPSA) is 55.1 Å². The van der Waals surface area contributed by atoms with E-state index in [1.165, 1.54) is 11.1 Å². The number of rotatable bonds is 5. The number of anilines is 1. The number of unbranched alkanes of at least 4 members (excludes halogenated alkanes) is 1. The number of nitrogen functional groups attached to an aromatic ring is 1. The number of allylic oxidation sites excluding steroid dienone is 1. The Kier molecular flexibility index (Phi) is 4.61. The van der Waals surface area contributed by atoms with E-state index < -0.39 is 0 Å². The predicted molar refractivity (Wildman–Crippen MR) is 78.7 cm³/mol. The number of carbonyl (C=O) groups is 1. The van der Waals surface area contributed by atoms with Crippen molar-refractivity contribution in [3.8, 4) is 0 Å². The van der Waals surface area contributed by atoms with Crippen LogP contribution in [0.4, 0.5) is 5.69 Å². The summed E-state index contributed by atoms with van der Waals surface area (Å²) in [6.45, 7) is 3.67. The normalized spacial score (nSPS) is 17.6. The maximum absolute atomic E-state index is 11.9. The van der Waals surface area contributed by atoms with Crippen molar-refractivity contribution < 1.29 is 4.79 Å². The molecule has 3 N–H and O–H groups in total. The highest BCUT2D eigenvalue weighted by Gasteiger charge is 2.21. The molecule has 1 aromatic carbocycles. The van der Waals surface area contributed by atoms with Gasteiger partial charge in [-0.3, -0.25) is 4.79 Å². The molecule has 19 heavy (non-hydrogen) atoms. The number of nitrogens with two attached hydrogens (primary N) is 1. The summed E-state index contributed by atoms with van der Waals surface area (Å²) in [5, 5.41) is 3.14. The second kappa shape index (κ2) is 6.41. The molecular formula is C16H22N2O. The first-order valence-electron chi connectivity index (χ1n) is 6.99. The minimum absolute atomic E-state index is 0.136. The fourth-order valence-electron chi connectivity index (χ4n) is 2.66. The fourth-order valence-corrected chi connectivity index (χ4v) is 2.66. The van der Waals surface area contributed by atoms with Crippen molar-refractivity contribution in [2.75, 3.05) is 5.73 Å². The van der Waals surface area contributed by atoms with Crippen molar-refractivity contribution >= 4 is 11.6 Å². The molecule has 0 aliphatic heterocycles. The maximum atomic E-state index is 11.9. The molecular weight excluding hydrogens is 236 g/mol. The Morgan fingerprint density at radius 2 is 2.37 bits per heavy atom. The van der Waals surface area contributed by atoms with E-state index in [1.54, 1.807) is 0 Å². The third-order valence-corrected chi connectivity index (χ3v) is 3.63. The fraction of sp³-hybridized carbons (Fsp3) is 0.438. The first-order valence-corrected chi connectivity index (χ1v) is 6.99. The lowest BCUT2D eigenvalue weighted by atomic mass is 9.87. The lowest BCUT2D eigenvalue weighted by Gasteiger charge is -2.26. The van der Waals surface area contributed by atoms with Crippen LogP contribution in [0, 0.1) is 0 Å². The van der Waals surface area contributed by atoms with Gasteiger partial charge in [0.05, 0.1) is 6.04 Å². The van der Waals surface area contributed by atoms with Crippen LogP contribution in [0.15, 0.2) is 30.9 Å². The SMILES string of the molecule is C=CCCCC(=O)NC1CCCc2cc(N)ccc21. The van der Waals surface area contributed by atoms with E-state index in [2.05, 4.69) is 18.0 Å². The van der Waals surface area contributed by atoms with Gasteiger partial charge in [-0.05, 0) is 55.4 Å². The lowest BCUT2D eigenvalue weighted by molar-refractivity contribution is -0.122. The molecule has 0 aromatic heterocycles. The average Bonchev–Trinajstić information content (AvgIpc) is 2.39. The van der Waals surface area contributed by atoms with Gasteiger partial charge in [0, 0.05) is 12.1 Å². The van der Waals surface area contributed by atoms with Crippen molar-refractivity contribution in [3.05, 3.63) is 42.0 Å². The van der Waals surface area contributed by atoms with E-state index in [-0.39, 0.29) is 11.9 Å². The Bertz CT molecular complexity index is 468. The Morgan fingerprint density at radius 1 is 1.53 bits per heavy atom. The van der Waals surface area contributed by atoms with Crippen molar-refractivity contribution in [2.24, 2.45) is 0 Å². The summed E-state index contributed by atoms with van der Waals surface area (Å²) < 4.78 is 0. The van der Waals surface area contributed by atoms with E-state index in [0.29, 0.717) is 6.42 Å². The molecule has 1 aromatic rings. The van der Waals surface area contributed by atoms with Gasteiger partial charge in [0.2, 0.25) is 5.91 Å². The monoisotopic (exact) mass is 258 g/mol. The van der Waals surface area contributed by atoms with Gasteiger partial charge < -0.3 is 11.1 Å². The molecule has 1 amide bonds. The molecule has 1 aliphatic rings. The number of hydrogen-bond donors (Lipinski definition) is 2. The van der Waals surface area contributed by atoms with Gasteiger partial charge in [0.25, 0.3) is 0 Å². The smallest absolute Gasteiger partial charge is 0.220 e. The summed E-state index contributed by atoms with van der Waals surface area (Å²) in [4.78, 5) is 11.9. The quantitative estimate of drug-likeness (QED) is 0.484. The minimum Gasteiger partial charge on any atom is -0.399 e. The van der Waals surface area contributed by atoms with Crippen LogP contribution in [-0.2, 0) is 11.2 Å². The molecule has 3 nitrogen and oxygen atoms in total. The summed E-state index contributed by atoms with van der Waals surface area (Å²) in [5.41, 5.74) is 9.13. The number of nitrogens with one attached hydrogen (secondary N) is 1. The molecule has 0 radical (unpaired) electrons. The Labute approximate surface area is 114 Å². The second-order valence-corrected chi connectivity index (χ2v) is 5.15. The number of aryl methyl sites for hydroxylation is 1. The maximum Gasteiger partial charge on any atom is 0.220 e. The highest BCUT2D eigenvalue weighted by molar-refractivity contribution is 5.76. The van der Waals surface area contributed by atoms with Crippen molar-refractivity contribution in [1.29, 1.82) is 0 Å². The lowest BCUT2D eigenvalue weighted by Crippen LogP contribution is -2.30. The Hall–Kier alpha value is -1.77. The summed E-state index contributed by atoms with van der Waals surface area (Å²) in [7, 11) is 0. The Morgan fingerprint density at radius 3 is 3.16 bits per heavy atom. The van der Waals surface area contributed by atoms with Crippen LogP contribution in [-0.4, -0.2) is 5.91 Å². The van der Waals surface area contributed by atoms with Crippen LogP contribution >= 0.6 is 0 Å². The number of amides is 1. The highest BCUT2D eigenvalue weighted by atomic mass is 16.1. The van der Waals surface area contributed by atoms with E-state index in [9.17, 15) is 4.79 Å². The molecule has 3 heteroatoms.